The van der Waals surface area contributed by atoms with Crippen molar-refractivity contribution < 1.29 is 14.4 Å². The molecule has 0 spiro atoms. The van der Waals surface area contributed by atoms with E-state index in [0.717, 1.165) is 21.6 Å². The third kappa shape index (κ3) is 5.41. The average molecular weight is 462 g/mol. The first kappa shape index (κ1) is 22.6. The quantitative estimate of drug-likeness (QED) is 0.502. The second-order valence-electron chi connectivity index (χ2n) is 8.13. The standard InChI is InChI=1S/C26H24ClN3O3/c27-22-13-11-21(12-14-22)17-28-23(31)18-30-24(32)26(29-25(30)33,15-19-7-3-1-4-8-19)16-20-9-5-2-6-10-20/h1-14H,15-18H2,(H,28,31)(H,29,33). The van der Waals surface area contributed by atoms with Gasteiger partial charge in [0.2, 0.25) is 5.91 Å². The molecule has 0 unspecified atom stereocenters. The van der Waals surface area contributed by atoms with Crippen LogP contribution in [0.4, 0.5) is 4.79 Å². The fraction of sp³-hybridized carbons (Fsp3) is 0.192. The molecule has 1 saturated heterocycles. The third-order valence-corrected chi connectivity index (χ3v) is 5.90. The minimum Gasteiger partial charge on any atom is -0.350 e. The molecule has 4 amide bonds. The van der Waals surface area contributed by atoms with E-state index in [-0.39, 0.29) is 13.1 Å². The maximum absolute atomic E-state index is 13.5. The summed E-state index contributed by atoms with van der Waals surface area (Å²) in [6.07, 6.45) is 0.659. The van der Waals surface area contributed by atoms with E-state index in [1.165, 1.54) is 0 Å². The normalized spacial score (nSPS) is 14.8. The Bertz CT molecular complexity index is 1090. The summed E-state index contributed by atoms with van der Waals surface area (Å²) in [6.45, 7) is -0.0671. The van der Waals surface area contributed by atoms with E-state index in [2.05, 4.69) is 10.6 Å². The van der Waals surface area contributed by atoms with Gasteiger partial charge in [0, 0.05) is 24.4 Å². The van der Waals surface area contributed by atoms with Gasteiger partial charge in [0.05, 0.1) is 0 Å². The van der Waals surface area contributed by atoms with Crippen molar-refractivity contribution in [3.63, 3.8) is 0 Å². The van der Waals surface area contributed by atoms with Gasteiger partial charge in [0.1, 0.15) is 12.1 Å². The average Bonchev–Trinajstić information content (AvgIpc) is 3.04. The van der Waals surface area contributed by atoms with Crippen molar-refractivity contribution in [2.75, 3.05) is 6.54 Å². The van der Waals surface area contributed by atoms with Gasteiger partial charge in [0.25, 0.3) is 5.91 Å². The van der Waals surface area contributed by atoms with E-state index >= 15 is 0 Å². The van der Waals surface area contributed by atoms with Gasteiger partial charge in [-0.3, -0.25) is 14.5 Å². The van der Waals surface area contributed by atoms with E-state index in [4.69, 9.17) is 11.6 Å². The summed E-state index contributed by atoms with van der Waals surface area (Å²) in [6, 6.07) is 25.6. The Morgan fingerprint density at radius 2 is 1.36 bits per heavy atom. The lowest BCUT2D eigenvalue weighted by Crippen LogP contribution is -2.51. The van der Waals surface area contributed by atoms with E-state index < -0.39 is 23.4 Å². The summed E-state index contributed by atoms with van der Waals surface area (Å²) < 4.78 is 0. The topological polar surface area (TPSA) is 78.5 Å². The Balaban J connectivity index is 1.50. The molecule has 6 nitrogen and oxygen atoms in total. The van der Waals surface area contributed by atoms with Crippen LogP contribution in [-0.2, 0) is 29.0 Å². The fourth-order valence-corrected chi connectivity index (χ4v) is 4.14. The molecule has 0 aliphatic carbocycles. The molecule has 33 heavy (non-hydrogen) atoms. The molecule has 1 aliphatic heterocycles. The lowest BCUT2D eigenvalue weighted by molar-refractivity contribution is -0.135. The van der Waals surface area contributed by atoms with Crippen molar-refractivity contribution in [2.45, 2.75) is 24.9 Å². The van der Waals surface area contributed by atoms with Crippen LogP contribution < -0.4 is 10.6 Å². The van der Waals surface area contributed by atoms with Gasteiger partial charge in [-0.2, -0.15) is 0 Å². The van der Waals surface area contributed by atoms with Crippen LogP contribution in [0.3, 0.4) is 0 Å². The molecule has 1 fully saturated rings. The Labute approximate surface area is 197 Å². The minimum atomic E-state index is -1.16. The second kappa shape index (κ2) is 9.88. The van der Waals surface area contributed by atoms with E-state index in [1.807, 2.05) is 60.7 Å². The Morgan fingerprint density at radius 1 is 0.818 bits per heavy atom. The van der Waals surface area contributed by atoms with Crippen molar-refractivity contribution in [1.29, 1.82) is 0 Å². The lowest BCUT2D eigenvalue weighted by atomic mass is 9.84. The SMILES string of the molecule is O=C(CN1C(=O)NC(Cc2ccccc2)(Cc2ccccc2)C1=O)NCc1ccc(Cl)cc1. The molecule has 2 N–H and O–H groups in total. The van der Waals surface area contributed by atoms with Crippen LogP contribution in [0.2, 0.25) is 5.02 Å². The highest BCUT2D eigenvalue weighted by molar-refractivity contribution is 6.30. The van der Waals surface area contributed by atoms with Gasteiger partial charge in [-0.05, 0) is 28.8 Å². The Hall–Kier alpha value is -3.64. The summed E-state index contributed by atoms with van der Waals surface area (Å²) in [5.74, 6) is -0.814. The molecule has 3 aromatic rings. The number of urea groups is 1. The Kier molecular flexibility index (Phi) is 6.75. The molecule has 0 saturated carbocycles. The van der Waals surface area contributed by atoms with Gasteiger partial charge in [-0.25, -0.2) is 4.79 Å². The molecule has 0 radical (unpaired) electrons. The monoisotopic (exact) mass is 461 g/mol. The van der Waals surface area contributed by atoms with Crippen molar-refractivity contribution in [3.8, 4) is 0 Å². The molecule has 3 aromatic carbocycles. The van der Waals surface area contributed by atoms with Gasteiger partial charge in [-0.15, -0.1) is 0 Å². The highest BCUT2D eigenvalue weighted by atomic mass is 35.5. The number of benzene rings is 3. The number of rotatable bonds is 8. The van der Waals surface area contributed by atoms with Crippen molar-refractivity contribution in [3.05, 3.63) is 107 Å². The van der Waals surface area contributed by atoms with Crippen LogP contribution in [0.1, 0.15) is 16.7 Å². The summed E-state index contributed by atoms with van der Waals surface area (Å²) in [5, 5.41) is 6.26. The summed E-state index contributed by atoms with van der Waals surface area (Å²) in [5.41, 5.74) is 1.57. The number of hydrogen-bond acceptors (Lipinski definition) is 3. The highest BCUT2D eigenvalue weighted by Crippen LogP contribution is 2.27. The van der Waals surface area contributed by atoms with Crippen molar-refractivity contribution in [1.82, 2.24) is 15.5 Å². The second-order valence-corrected chi connectivity index (χ2v) is 8.57. The van der Waals surface area contributed by atoms with Gasteiger partial charge in [0.15, 0.2) is 0 Å². The van der Waals surface area contributed by atoms with Gasteiger partial charge >= 0.3 is 6.03 Å². The zero-order valence-electron chi connectivity index (χ0n) is 18.0. The van der Waals surface area contributed by atoms with Crippen LogP contribution in [0.25, 0.3) is 0 Å². The molecule has 0 bridgehead atoms. The molecular weight excluding hydrogens is 438 g/mol. The number of nitrogens with one attached hydrogen (secondary N) is 2. The number of carbonyl (C=O) groups excluding carboxylic acids is 3. The maximum Gasteiger partial charge on any atom is 0.325 e. The molecular formula is C26H24ClN3O3. The molecule has 4 rings (SSSR count). The predicted molar refractivity (Wildman–Crippen MR) is 127 cm³/mol. The summed E-state index contributed by atoms with van der Waals surface area (Å²) >= 11 is 5.89. The van der Waals surface area contributed by atoms with Crippen LogP contribution in [0.5, 0.6) is 0 Å². The van der Waals surface area contributed by atoms with Crippen LogP contribution in [0.15, 0.2) is 84.9 Å². The number of nitrogens with zero attached hydrogens (tertiary/aromatic N) is 1. The molecule has 7 heteroatoms. The summed E-state index contributed by atoms with van der Waals surface area (Å²) in [7, 11) is 0. The summed E-state index contributed by atoms with van der Waals surface area (Å²) in [4.78, 5) is 39.9. The number of halogens is 1. The van der Waals surface area contributed by atoms with Crippen molar-refractivity contribution >= 4 is 29.4 Å². The Morgan fingerprint density at radius 3 is 1.91 bits per heavy atom. The van der Waals surface area contributed by atoms with Gasteiger partial charge in [-0.1, -0.05) is 84.4 Å². The van der Waals surface area contributed by atoms with Crippen LogP contribution >= 0.6 is 11.6 Å². The molecule has 0 aromatic heterocycles. The fourth-order valence-electron chi connectivity index (χ4n) is 4.01. The number of carbonyl (C=O) groups is 3. The maximum atomic E-state index is 13.5. The van der Waals surface area contributed by atoms with Crippen molar-refractivity contribution in [2.24, 2.45) is 0 Å². The first-order chi connectivity index (χ1) is 15.9. The number of amides is 4. The molecule has 0 atom stereocenters. The van der Waals surface area contributed by atoms with E-state index in [1.54, 1.807) is 24.3 Å². The molecule has 1 aliphatic rings. The first-order valence-corrected chi connectivity index (χ1v) is 11.1. The number of imide groups is 1. The third-order valence-electron chi connectivity index (χ3n) is 5.65. The first-order valence-electron chi connectivity index (χ1n) is 10.7. The van der Waals surface area contributed by atoms with Crippen LogP contribution in [0, 0.1) is 0 Å². The zero-order valence-corrected chi connectivity index (χ0v) is 18.7. The lowest BCUT2D eigenvalue weighted by Gasteiger charge is -2.27. The zero-order chi connectivity index (χ0) is 23.3. The largest absolute Gasteiger partial charge is 0.350 e. The minimum absolute atomic E-state index is 0.277. The number of hydrogen-bond donors (Lipinski definition) is 2. The predicted octanol–water partition coefficient (Wildman–Crippen LogP) is 3.73. The molecule has 168 valence electrons. The van der Waals surface area contributed by atoms with E-state index in [9.17, 15) is 14.4 Å². The van der Waals surface area contributed by atoms with Crippen LogP contribution in [-0.4, -0.2) is 34.8 Å². The highest BCUT2D eigenvalue weighted by Gasteiger charge is 2.51. The smallest absolute Gasteiger partial charge is 0.325 e. The van der Waals surface area contributed by atoms with Gasteiger partial charge < -0.3 is 10.6 Å². The molecule has 1 heterocycles. The van der Waals surface area contributed by atoms with E-state index in [0.29, 0.717) is 17.9 Å².